The van der Waals surface area contributed by atoms with Gasteiger partial charge in [0, 0.05) is 17.0 Å². The number of hydrogen-bond acceptors (Lipinski definition) is 2. The Morgan fingerprint density at radius 2 is 1.64 bits per heavy atom. The fourth-order valence-corrected chi connectivity index (χ4v) is 3.79. The maximum atomic E-state index is 5.97. The molecule has 4 heteroatoms. The molecule has 0 aromatic heterocycles. The largest absolute Gasteiger partial charge is 0.454 e. The third-order valence-corrected chi connectivity index (χ3v) is 5.46. The van der Waals surface area contributed by atoms with Crippen molar-refractivity contribution in [2.75, 3.05) is 13.3 Å². The highest BCUT2D eigenvalue weighted by molar-refractivity contribution is 6.30. The summed E-state index contributed by atoms with van der Waals surface area (Å²) >= 11 is 5.97. The van der Waals surface area contributed by atoms with E-state index >= 15 is 0 Å². The molecule has 1 aliphatic heterocycles. The molecule has 0 saturated carbocycles. The Kier molecular flexibility index (Phi) is 6.15. The molecule has 3 nitrogen and oxygen atoms in total. The van der Waals surface area contributed by atoms with Crippen molar-refractivity contribution in [1.29, 1.82) is 0 Å². The Morgan fingerprint density at radius 3 is 2.46 bits per heavy atom. The molecule has 28 heavy (non-hydrogen) atoms. The molecular formula is C24H25ClNO2+. The van der Waals surface area contributed by atoms with Crippen molar-refractivity contribution >= 4 is 11.6 Å². The van der Waals surface area contributed by atoms with Crippen LogP contribution in [0.25, 0.3) is 0 Å². The SMILES string of the molecule is Clc1ccc(C[NH2+]CC[C@@H](Cc2ccccc2)c2ccc3c(c2)OCO3)cc1. The van der Waals surface area contributed by atoms with E-state index in [9.17, 15) is 0 Å². The van der Waals surface area contributed by atoms with Gasteiger partial charge >= 0.3 is 0 Å². The molecule has 3 aromatic carbocycles. The second-order valence-corrected chi connectivity index (χ2v) is 7.63. The van der Waals surface area contributed by atoms with Crippen LogP contribution in [0.2, 0.25) is 5.02 Å². The zero-order chi connectivity index (χ0) is 19.2. The van der Waals surface area contributed by atoms with E-state index < -0.39 is 0 Å². The summed E-state index contributed by atoms with van der Waals surface area (Å²) in [6, 6.07) is 25.2. The molecule has 1 atom stereocenters. The summed E-state index contributed by atoms with van der Waals surface area (Å²) in [6.45, 7) is 2.35. The van der Waals surface area contributed by atoms with Crippen LogP contribution in [0.3, 0.4) is 0 Å². The summed E-state index contributed by atoms with van der Waals surface area (Å²) in [4.78, 5) is 0. The van der Waals surface area contributed by atoms with E-state index in [1.54, 1.807) is 0 Å². The quantitative estimate of drug-likeness (QED) is 0.569. The molecule has 2 N–H and O–H groups in total. The van der Waals surface area contributed by atoms with Crippen LogP contribution in [0.15, 0.2) is 72.8 Å². The fourth-order valence-electron chi connectivity index (χ4n) is 3.66. The monoisotopic (exact) mass is 394 g/mol. The van der Waals surface area contributed by atoms with E-state index in [1.165, 1.54) is 16.7 Å². The van der Waals surface area contributed by atoms with Crippen LogP contribution in [-0.2, 0) is 13.0 Å². The molecule has 1 heterocycles. The molecule has 0 spiro atoms. The first-order valence-electron chi connectivity index (χ1n) is 9.77. The smallest absolute Gasteiger partial charge is 0.231 e. The first kappa shape index (κ1) is 18.9. The van der Waals surface area contributed by atoms with Crippen LogP contribution in [0.4, 0.5) is 0 Å². The lowest BCUT2D eigenvalue weighted by Crippen LogP contribution is -2.82. The fraction of sp³-hybridized carbons (Fsp3) is 0.250. The highest BCUT2D eigenvalue weighted by atomic mass is 35.5. The number of hydrogen-bond donors (Lipinski definition) is 1. The number of ether oxygens (including phenoxy) is 2. The van der Waals surface area contributed by atoms with Crippen molar-refractivity contribution in [1.82, 2.24) is 0 Å². The lowest BCUT2D eigenvalue weighted by atomic mass is 9.89. The number of nitrogens with two attached hydrogens (primary N) is 1. The summed E-state index contributed by atoms with van der Waals surface area (Å²) in [5, 5.41) is 3.16. The van der Waals surface area contributed by atoms with Gasteiger partial charge in [-0.15, -0.1) is 0 Å². The van der Waals surface area contributed by atoms with Crippen LogP contribution in [0, 0.1) is 0 Å². The van der Waals surface area contributed by atoms with Gasteiger partial charge in [0.05, 0.1) is 6.54 Å². The van der Waals surface area contributed by atoms with E-state index in [1.807, 2.05) is 18.2 Å². The van der Waals surface area contributed by atoms with Crippen molar-refractivity contribution in [3.05, 3.63) is 94.5 Å². The second-order valence-electron chi connectivity index (χ2n) is 7.20. The molecule has 4 rings (SSSR count). The Bertz CT molecular complexity index is 896. The third kappa shape index (κ3) is 4.86. The third-order valence-electron chi connectivity index (χ3n) is 5.21. The standard InChI is InChI=1S/C24H24ClNO2/c25-22-9-6-19(7-10-22)16-26-13-12-21(14-18-4-2-1-3-5-18)20-8-11-23-24(15-20)28-17-27-23/h1-11,15,21,26H,12-14,16-17H2/p+1/t21-/m0/s1. The summed E-state index contributed by atoms with van der Waals surface area (Å²) in [7, 11) is 0. The minimum absolute atomic E-state index is 0.316. The minimum atomic E-state index is 0.316. The zero-order valence-electron chi connectivity index (χ0n) is 15.8. The van der Waals surface area contributed by atoms with E-state index in [4.69, 9.17) is 21.1 Å². The minimum Gasteiger partial charge on any atom is -0.454 e. The lowest BCUT2D eigenvalue weighted by Gasteiger charge is -2.17. The van der Waals surface area contributed by atoms with Gasteiger partial charge in [-0.25, -0.2) is 0 Å². The molecule has 0 aliphatic carbocycles. The molecule has 0 amide bonds. The van der Waals surface area contributed by atoms with Crippen molar-refractivity contribution in [2.45, 2.75) is 25.3 Å². The predicted molar refractivity (Wildman–Crippen MR) is 112 cm³/mol. The van der Waals surface area contributed by atoms with Gasteiger partial charge in [-0.2, -0.15) is 0 Å². The van der Waals surface area contributed by atoms with Crippen LogP contribution >= 0.6 is 11.6 Å². The summed E-state index contributed by atoms with van der Waals surface area (Å²) in [5.74, 6) is 2.15. The van der Waals surface area contributed by atoms with Crippen LogP contribution in [0.5, 0.6) is 11.5 Å². The number of quaternary nitrogens is 1. The normalized spacial score (nSPS) is 13.5. The first-order valence-corrected chi connectivity index (χ1v) is 10.2. The predicted octanol–water partition coefficient (Wildman–Crippen LogP) is 4.55. The van der Waals surface area contributed by atoms with Crippen molar-refractivity contribution in [3.8, 4) is 11.5 Å². The highest BCUT2D eigenvalue weighted by Gasteiger charge is 2.19. The molecule has 0 fully saturated rings. The van der Waals surface area contributed by atoms with Crippen molar-refractivity contribution < 1.29 is 14.8 Å². The maximum Gasteiger partial charge on any atom is 0.231 e. The topological polar surface area (TPSA) is 35.1 Å². The summed E-state index contributed by atoms with van der Waals surface area (Å²) < 4.78 is 11.1. The number of fused-ring (bicyclic) bond motifs is 1. The molecule has 0 saturated heterocycles. The van der Waals surface area contributed by atoms with E-state index in [0.29, 0.717) is 12.7 Å². The Labute approximate surface area is 171 Å². The van der Waals surface area contributed by atoms with Crippen LogP contribution in [0.1, 0.15) is 29.0 Å². The first-order chi connectivity index (χ1) is 13.8. The van der Waals surface area contributed by atoms with Gasteiger partial charge in [-0.3, -0.25) is 0 Å². The van der Waals surface area contributed by atoms with Gasteiger partial charge in [-0.1, -0.05) is 60.1 Å². The van der Waals surface area contributed by atoms with Gasteiger partial charge in [0.1, 0.15) is 6.54 Å². The lowest BCUT2D eigenvalue weighted by molar-refractivity contribution is -0.671. The Morgan fingerprint density at radius 1 is 0.857 bits per heavy atom. The number of rotatable bonds is 8. The average molecular weight is 395 g/mol. The van der Waals surface area contributed by atoms with Gasteiger partial charge in [0.25, 0.3) is 0 Å². The average Bonchev–Trinajstić information content (AvgIpc) is 3.20. The molecule has 0 unspecified atom stereocenters. The van der Waals surface area contributed by atoms with Gasteiger partial charge in [0.2, 0.25) is 6.79 Å². The highest BCUT2D eigenvalue weighted by Crippen LogP contribution is 2.36. The van der Waals surface area contributed by atoms with E-state index in [2.05, 4.69) is 59.9 Å². The molecule has 0 radical (unpaired) electrons. The molecule has 0 bridgehead atoms. The van der Waals surface area contributed by atoms with Gasteiger partial charge < -0.3 is 14.8 Å². The number of benzene rings is 3. The summed E-state index contributed by atoms with van der Waals surface area (Å²) in [6.07, 6.45) is 2.12. The number of halogens is 1. The van der Waals surface area contributed by atoms with Gasteiger partial charge in [0.15, 0.2) is 11.5 Å². The van der Waals surface area contributed by atoms with Crippen molar-refractivity contribution in [2.24, 2.45) is 0 Å². The molecule has 144 valence electrons. The zero-order valence-corrected chi connectivity index (χ0v) is 16.6. The molecule has 1 aliphatic rings. The van der Waals surface area contributed by atoms with Crippen LogP contribution in [-0.4, -0.2) is 13.3 Å². The Balaban J connectivity index is 1.41. The Hall–Kier alpha value is -2.49. The summed E-state index contributed by atoms with van der Waals surface area (Å²) in [5.41, 5.74) is 3.97. The molecule has 3 aromatic rings. The van der Waals surface area contributed by atoms with E-state index in [-0.39, 0.29) is 0 Å². The van der Waals surface area contributed by atoms with Gasteiger partial charge in [-0.05, 0) is 47.7 Å². The molecular weight excluding hydrogens is 370 g/mol. The van der Waals surface area contributed by atoms with E-state index in [0.717, 1.165) is 42.5 Å². The second kappa shape index (κ2) is 9.13. The maximum absolute atomic E-state index is 5.97. The van der Waals surface area contributed by atoms with Crippen molar-refractivity contribution in [3.63, 3.8) is 0 Å². The van der Waals surface area contributed by atoms with Crippen LogP contribution < -0.4 is 14.8 Å².